The van der Waals surface area contributed by atoms with Crippen molar-refractivity contribution in [2.24, 2.45) is 0 Å². The molecule has 0 fully saturated rings. The molecule has 4 rings (SSSR count). The zero-order valence-electron chi connectivity index (χ0n) is 18.1. The summed E-state index contributed by atoms with van der Waals surface area (Å²) < 4.78 is 57.4. The van der Waals surface area contributed by atoms with E-state index in [0.29, 0.717) is 16.9 Å². The molecule has 0 saturated carbocycles. The van der Waals surface area contributed by atoms with Gasteiger partial charge in [-0.15, -0.1) is 0 Å². The fraction of sp³-hybridized carbons (Fsp3) is 0.148. The molecule has 0 aliphatic heterocycles. The Morgan fingerprint density at radius 3 is 2.26 bits per heavy atom. The summed E-state index contributed by atoms with van der Waals surface area (Å²) in [5.74, 6) is -1.07. The lowest BCUT2D eigenvalue weighted by Gasteiger charge is -2.10. The van der Waals surface area contributed by atoms with Gasteiger partial charge in [0.15, 0.2) is 0 Å². The molecular formula is C27H20F4O3. The number of aliphatic carboxylic acids is 1. The number of alkyl halides is 3. The SMILES string of the molecule is CC1=C(CC(=O)O)c2cc(F)ccc2/C1=C\c1ccc(COc2ccc(C(F)(F)F)cc2)cc1. The normalized spacial score (nSPS) is 14.4. The van der Waals surface area contributed by atoms with E-state index in [1.54, 1.807) is 6.07 Å². The van der Waals surface area contributed by atoms with Crippen LogP contribution in [0.3, 0.4) is 0 Å². The average Bonchev–Trinajstić information content (AvgIpc) is 3.03. The topological polar surface area (TPSA) is 46.5 Å². The molecule has 3 aromatic rings. The molecule has 0 heterocycles. The zero-order valence-corrected chi connectivity index (χ0v) is 18.1. The average molecular weight is 468 g/mol. The first-order valence-corrected chi connectivity index (χ1v) is 10.4. The first kappa shape index (κ1) is 23.3. The van der Waals surface area contributed by atoms with Crippen molar-refractivity contribution < 1.29 is 32.2 Å². The van der Waals surface area contributed by atoms with Crippen LogP contribution in [0.4, 0.5) is 17.6 Å². The van der Waals surface area contributed by atoms with Crippen LogP contribution in [-0.4, -0.2) is 11.1 Å². The number of benzene rings is 3. The van der Waals surface area contributed by atoms with Crippen molar-refractivity contribution in [3.05, 3.63) is 106 Å². The van der Waals surface area contributed by atoms with E-state index in [1.165, 1.54) is 24.3 Å². The van der Waals surface area contributed by atoms with Crippen LogP contribution in [0.15, 0.2) is 72.3 Å². The summed E-state index contributed by atoms with van der Waals surface area (Å²) in [6, 6.07) is 16.3. The Morgan fingerprint density at radius 2 is 1.65 bits per heavy atom. The molecule has 0 atom stereocenters. The first-order valence-electron chi connectivity index (χ1n) is 10.4. The van der Waals surface area contributed by atoms with Gasteiger partial charge in [-0.1, -0.05) is 30.3 Å². The number of carbonyl (C=O) groups is 1. The molecule has 1 N–H and O–H groups in total. The van der Waals surface area contributed by atoms with E-state index >= 15 is 0 Å². The van der Waals surface area contributed by atoms with Gasteiger partial charge in [-0.05, 0) is 88.4 Å². The molecule has 7 heteroatoms. The van der Waals surface area contributed by atoms with Crippen LogP contribution in [0.1, 0.15) is 41.2 Å². The summed E-state index contributed by atoms with van der Waals surface area (Å²) in [7, 11) is 0. The summed E-state index contributed by atoms with van der Waals surface area (Å²) in [5, 5.41) is 9.27. The van der Waals surface area contributed by atoms with Crippen molar-refractivity contribution in [3.63, 3.8) is 0 Å². The third-order valence-electron chi connectivity index (χ3n) is 5.66. The van der Waals surface area contributed by atoms with Crippen LogP contribution in [0.5, 0.6) is 5.75 Å². The Morgan fingerprint density at radius 1 is 0.971 bits per heavy atom. The van der Waals surface area contributed by atoms with E-state index in [4.69, 9.17) is 4.74 Å². The predicted molar refractivity (Wildman–Crippen MR) is 121 cm³/mol. The monoisotopic (exact) mass is 468 g/mol. The van der Waals surface area contributed by atoms with Crippen LogP contribution >= 0.6 is 0 Å². The molecule has 0 radical (unpaired) electrons. The standard InChI is InChI=1S/C27H20F4O3/c1-16-23(22-11-8-20(28)13-25(22)24(16)14-26(32)33)12-17-2-4-18(5-3-17)15-34-21-9-6-19(7-10-21)27(29,30)31/h2-13H,14-15H2,1H3,(H,32,33)/b23-12-. The molecule has 0 spiro atoms. The van der Waals surface area contributed by atoms with E-state index in [0.717, 1.165) is 40.0 Å². The van der Waals surface area contributed by atoms with Crippen LogP contribution in [0.2, 0.25) is 0 Å². The highest BCUT2D eigenvalue weighted by molar-refractivity contribution is 6.07. The van der Waals surface area contributed by atoms with E-state index < -0.39 is 23.5 Å². The lowest BCUT2D eigenvalue weighted by atomic mass is 10.00. The van der Waals surface area contributed by atoms with Crippen molar-refractivity contribution in [3.8, 4) is 5.75 Å². The van der Waals surface area contributed by atoms with Crippen molar-refractivity contribution in [1.29, 1.82) is 0 Å². The number of fused-ring (bicyclic) bond motifs is 1. The molecular weight excluding hydrogens is 448 g/mol. The van der Waals surface area contributed by atoms with Crippen LogP contribution in [0, 0.1) is 5.82 Å². The molecule has 34 heavy (non-hydrogen) atoms. The predicted octanol–water partition coefficient (Wildman–Crippen LogP) is 7.23. The Labute approximate surface area is 193 Å². The zero-order chi connectivity index (χ0) is 24.5. The van der Waals surface area contributed by atoms with E-state index in [2.05, 4.69) is 0 Å². The lowest BCUT2D eigenvalue weighted by molar-refractivity contribution is -0.138. The molecule has 1 aliphatic rings. The Hall–Kier alpha value is -3.87. The third-order valence-corrected chi connectivity index (χ3v) is 5.66. The number of halogens is 4. The van der Waals surface area contributed by atoms with Crippen LogP contribution < -0.4 is 4.74 Å². The summed E-state index contributed by atoms with van der Waals surface area (Å²) in [5.41, 5.74) is 4.55. The van der Waals surface area contributed by atoms with Gasteiger partial charge in [0.25, 0.3) is 0 Å². The smallest absolute Gasteiger partial charge is 0.416 e. The Kier molecular flexibility index (Phi) is 6.28. The minimum Gasteiger partial charge on any atom is -0.489 e. The molecule has 0 saturated heterocycles. The molecule has 3 nitrogen and oxygen atoms in total. The van der Waals surface area contributed by atoms with Crippen LogP contribution in [-0.2, 0) is 17.6 Å². The molecule has 0 bridgehead atoms. The second kappa shape index (κ2) is 9.17. The second-order valence-corrected chi connectivity index (χ2v) is 7.97. The highest BCUT2D eigenvalue weighted by atomic mass is 19.4. The number of carboxylic acids is 1. The van der Waals surface area contributed by atoms with Gasteiger partial charge in [-0.2, -0.15) is 13.2 Å². The molecule has 0 amide bonds. The van der Waals surface area contributed by atoms with Gasteiger partial charge >= 0.3 is 12.1 Å². The van der Waals surface area contributed by atoms with Gasteiger partial charge in [-0.3, -0.25) is 4.79 Å². The molecule has 3 aromatic carbocycles. The summed E-state index contributed by atoms with van der Waals surface area (Å²) >= 11 is 0. The van der Waals surface area contributed by atoms with Crippen molar-refractivity contribution >= 4 is 23.2 Å². The van der Waals surface area contributed by atoms with Gasteiger partial charge in [0.1, 0.15) is 18.2 Å². The number of ether oxygens (including phenoxy) is 1. The van der Waals surface area contributed by atoms with E-state index in [-0.39, 0.29) is 13.0 Å². The molecule has 0 aromatic heterocycles. The van der Waals surface area contributed by atoms with Gasteiger partial charge in [0.2, 0.25) is 0 Å². The maximum Gasteiger partial charge on any atom is 0.416 e. The first-order chi connectivity index (χ1) is 16.1. The largest absolute Gasteiger partial charge is 0.489 e. The van der Waals surface area contributed by atoms with Crippen molar-refractivity contribution in [1.82, 2.24) is 0 Å². The Balaban J connectivity index is 1.51. The number of rotatable bonds is 6. The van der Waals surface area contributed by atoms with E-state index in [9.17, 15) is 27.5 Å². The maximum absolute atomic E-state index is 13.8. The fourth-order valence-corrected chi connectivity index (χ4v) is 3.92. The van der Waals surface area contributed by atoms with Gasteiger partial charge in [0.05, 0.1) is 12.0 Å². The summed E-state index contributed by atoms with van der Waals surface area (Å²) in [6.07, 6.45) is -2.67. The van der Waals surface area contributed by atoms with Crippen LogP contribution in [0.25, 0.3) is 17.2 Å². The Bertz CT molecular complexity index is 1280. The quantitative estimate of drug-likeness (QED) is 0.389. The highest BCUT2D eigenvalue weighted by Crippen LogP contribution is 2.43. The van der Waals surface area contributed by atoms with E-state index in [1.807, 2.05) is 37.3 Å². The maximum atomic E-state index is 13.8. The molecule has 0 unspecified atom stereocenters. The summed E-state index contributed by atoms with van der Waals surface area (Å²) in [4.78, 5) is 11.3. The van der Waals surface area contributed by atoms with Gasteiger partial charge in [0, 0.05) is 0 Å². The van der Waals surface area contributed by atoms with Crippen molar-refractivity contribution in [2.45, 2.75) is 26.1 Å². The molecule has 1 aliphatic carbocycles. The minimum absolute atomic E-state index is 0.187. The fourth-order valence-electron chi connectivity index (χ4n) is 3.92. The third kappa shape index (κ3) is 5.03. The number of hydrogen-bond acceptors (Lipinski definition) is 2. The van der Waals surface area contributed by atoms with Gasteiger partial charge < -0.3 is 9.84 Å². The molecule has 174 valence electrons. The number of hydrogen-bond donors (Lipinski definition) is 1. The minimum atomic E-state index is -4.39. The van der Waals surface area contributed by atoms with Crippen molar-refractivity contribution in [2.75, 3.05) is 0 Å². The summed E-state index contributed by atoms with van der Waals surface area (Å²) in [6.45, 7) is 2.01. The lowest BCUT2D eigenvalue weighted by Crippen LogP contribution is -2.04. The highest BCUT2D eigenvalue weighted by Gasteiger charge is 2.30. The van der Waals surface area contributed by atoms with Gasteiger partial charge in [-0.25, -0.2) is 4.39 Å². The number of allylic oxidation sites excluding steroid dienone is 2. The second-order valence-electron chi connectivity index (χ2n) is 7.97. The number of carboxylic acid groups (broad SMARTS) is 1.